The highest BCUT2D eigenvalue weighted by Crippen LogP contribution is 2.36. The molecule has 6 heteroatoms. The molecule has 1 aromatic heterocycles. The molecule has 1 aliphatic carbocycles. The molecule has 0 spiro atoms. The fraction of sp³-hybridized carbons (Fsp3) is 0.688. The van der Waals surface area contributed by atoms with Crippen LogP contribution in [-0.2, 0) is 0 Å². The molecule has 2 amide bonds. The van der Waals surface area contributed by atoms with Crippen molar-refractivity contribution in [2.75, 3.05) is 31.1 Å². The lowest BCUT2D eigenvalue weighted by molar-refractivity contribution is 0.189. The molecular weight excluding hydrogens is 278 g/mol. The number of urea groups is 1. The number of piperazine rings is 1. The van der Waals surface area contributed by atoms with Crippen LogP contribution in [0.4, 0.5) is 10.7 Å². The minimum atomic E-state index is 0.0799. The fourth-order valence-corrected chi connectivity index (χ4v) is 3.39. The molecule has 1 N–H and O–H groups in total. The predicted molar refractivity (Wildman–Crippen MR) is 85.8 cm³/mol. The molecule has 1 saturated heterocycles. The van der Waals surface area contributed by atoms with Gasteiger partial charge in [0.2, 0.25) is 5.95 Å². The van der Waals surface area contributed by atoms with Crippen LogP contribution in [0, 0.1) is 5.41 Å². The number of aromatic nitrogens is 2. The lowest BCUT2D eigenvalue weighted by Crippen LogP contribution is -2.53. The number of anilines is 1. The largest absolute Gasteiger partial charge is 0.337 e. The summed E-state index contributed by atoms with van der Waals surface area (Å²) in [5, 5.41) is 3.20. The van der Waals surface area contributed by atoms with Crippen LogP contribution in [0.1, 0.15) is 33.1 Å². The van der Waals surface area contributed by atoms with E-state index in [0.29, 0.717) is 11.5 Å². The number of amides is 2. The maximum absolute atomic E-state index is 12.4. The average molecular weight is 303 g/mol. The summed E-state index contributed by atoms with van der Waals surface area (Å²) in [6, 6.07) is 2.23. The Balaban J connectivity index is 1.48. The Hall–Kier alpha value is -1.85. The monoisotopic (exact) mass is 303 g/mol. The molecule has 0 radical (unpaired) electrons. The van der Waals surface area contributed by atoms with E-state index in [-0.39, 0.29) is 6.03 Å². The van der Waals surface area contributed by atoms with E-state index in [9.17, 15) is 4.79 Å². The Bertz CT molecular complexity index is 511. The first-order valence-electron chi connectivity index (χ1n) is 8.11. The number of hydrogen-bond acceptors (Lipinski definition) is 4. The maximum atomic E-state index is 12.4. The van der Waals surface area contributed by atoms with Gasteiger partial charge in [-0.1, -0.05) is 13.8 Å². The number of carbonyl (C=O) groups excluding carboxylic acids is 1. The average Bonchev–Trinajstić information content (AvgIpc) is 2.87. The highest BCUT2D eigenvalue weighted by atomic mass is 16.2. The quantitative estimate of drug-likeness (QED) is 0.906. The summed E-state index contributed by atoms with van der Waals surface area (Å²) in [7, 11) is 0. The summed E-state index contributed by atoms with van der Waals surface area (Å²) in [5.41, 5.74) is 0.362. The number of nitrogens with one attached hydrogen (secondary N) is 1. The van der Waals surface area contributed by atoms with Crippen molar-refractivity contribution >= 4 is 12.0 Å². The van der Waals surface area contributed by atoms with Crippen LogP contribution in [0.25, 0.3) is 0 Å². The Kier molecular flexibility index (Phi) is 4.18. The minimum Gasteiger partial charge on any atom is -0.337 e. The van der Waals surface area contributed by atoms with Gasteiger partial charge in [0.05, 0.1) is 0 Å². The SMILES string of the molecule is CC1(C)CCC(NC(=O)N2CCN(c3ncccn3)CC2)C1. The van der Waals surface area contributed by atoms with E-state index in [1.807, 2.05) is 11.0 Å². The first-order valence-corrected chi connectivity index (χ1v) is 8.11. The van der Waals surface area contributed by atoms with E-state index >= 15 is 0 Å². The molecule has 3 rings (SSSR count). The van der Waals surface area contributed by atoms with Crippen LogP contribution in [-0.4, -0.2) is 53.1 Å². The summed E-state index contributed by atoms with van der Waals surface area (Å²) in [6.07, 6.45) is 6.87. The van der Waals surface area contributed by atoms with Crippen LogP contribution < -0.4 is 10.2 Å². The second-order valence-electron chi connectivity index (χ2n) is 7.08. The van der Waals surface area contributed by atoms with Gasteiger partial charge >= 0.3 is 6.03 Å². The van der Waals surface area contributed by atoms with Crippen LogP contribution in [0.3, 0.4) is 0 Å². The molecular formula is C16H25N5O. The Morgan fingerprint density at radius 1 is 1.23 bits per heavy atom. The van der Waals surface area contributed by atoms with Crippen LogP contribution in [0.5, 0.6) is 0 Å². The van der Waals surface area contributed by atoms with Gasteiger partial charge in [-0.15, -0.1) is 0 Å². The molecule has 1 aromatic rings. The van der Waals surface area contributed by atoms with Gasteiger partial charge in [0.25, 0.3) is 0 Å². The van der Waals surface area contributed by atoms with Gasteiger partial charge in [0, 0.05) is 44.6 Å². The zero-order chi connectivity index (χ0) is 15.6. The summed E-state index contributed by atoms with van der Waals surface area (Å²) in [4.78, 5) is 24.9. The van der Waals surface area contributed by atoms with E-state index < -0.39 is 0 Å². The normalized spacial score (nSPS) is 24.4. The van der Waals surface area contributed by atoms with Crippen LogP contribution >= 0.6 is 0 Å². The van der Waals surface area contributed by atoms with Crippen molar-refractivity contribution in [1.29, 1.82) is 0 Å². The first-order chi connectivity index (χ1) is 10.5. The van der Waals surface area contributed by atoms with Gasteiger partial charge in [-0.25, -0.2) is 14.8 Å². The summed E-state index contributed by atoms with van der Waals surface area (Å²) >= 11 is 0. The van der Waals surface area contributed by atoms with Gasteiger partial charge < -0.3 is 15.1 Å². The number of carbonyl (C=O) groups is 1. The predicted octanol–water partition coefficient (Wildman–Crippen LogP) is 1.89. The zero-order valence-electron chi connectivity index (χ0n) is 13.5. The third-order valence-corrected chi connectivity index (χ3v) is 4.70. The van der Waals surface area contributed by atoms with Crippen LogP contribution in [0.15, 0.2) is 18.5 Å². The Morgan fingerprint density at radius 3 is 2.50 bits per heavy atom. The third kappa shape index (κ3) is 3.48. The van der Waals surface area contributed by atoms with Crippen molar-refractivity contribution < 1.29 is 4.79 Å². The van der Waals surface area contributed by atoms with Crippen molar-refractivity contribution in [3.63, 3.8) is 0 Å². The molecule has 2 fully saturated rings. The molecule has 1 saturated carbocycles. The molecule has 22 heavy (non-hydrogen) atoms. The summed E-state index contributed by atoms with van der Waals surface area (Å²) in [6.45, 7) is 7.57. The van der Waals surface area contributed by atoms with Gasteiger partial charge in [-0.3, -0.25) is 0 Å². The lowest BCUT2D eigenvalue weighted by atomic mass is 9.92. The highest BCUT2D eigenvalue weighted by molar-refractivity contribution is 5.75. The van der Waals surface area contributed by atoms with Gasteiger partial charge in [-0.2, -0.15) is 0 Å². The number of nitrogens with zero attached hydrogens (tertiary/aromatic N) is 4. The van der Waals surface area contributed by atoms with Gasteiger partial charge in [0.15, 0.2) is 0 Å². The second-order valence-corrected chi connectivity index (χ2v) is 7.08. The highest BCUT2D eigenvalue weighted by Gasteiger charge is 2.33. The number of hydrogen-bond donors (Lipinski definition) is 1. The van der Waals surface area contributed by atoms with Crippen molar-refractivity contribution in [2.45, 2.75) is 39.2 Å². The van der Waals surface area contributed by atoms with Crippen molar-refractivity contribution in [1.82, 2.24) is 20.2 Å². The molecule has 1 aliphatic heterocycles. The fourth-order valence-electron chi connectivity index (χ4n) is 3.39. The van der Waals surface area contributed by atoms with Crippen molar-refractivity contribution in [3.8, 4) is 0 Å². The van der Waals surface area contributed by atoms with E-state index in [0.717, 1.165) is 45.0 Å². The maximum Gasteiger partial charge on any atom is 0.317 e. The van der Waals surface area contributed by atoms with Crippen molar-refractivity contribution in [2.24, 2.45) is 5.41 Å². The van der Waals surface area contributed by atoms with Crippen LogP contribution in [0.2, 0.25) is 0 Å². The lowest BCUT2D eigenvalue weighted by Gasteiger charge is -2.35. The standard InChI is InChI=1S/C16H25N5O/c1-16(2)5-4-13(12-16)19-15(22)21-10-8-20(9-11-21)14-17-6-3-7-18-14/h3,6-7,13H,4-5,8-12H2,1-2H3,(H,19,22). The van der Waals surface area contributed by atoms with Gasteiger partial charge in [0.1, 0.15) is 0 Å². The van der Waals surface area contributed by atoms with E-state index in [1.165, 1.54) is 6.42 Å². The first kappa shape index (κ1) is 15.1. The van der Waals surface area contributed by atoms with E-state index in [2.05, 4.69) is 34.0 Å². The second kappa shape index (κ2) is 6.10. The van der Waals surface area contributed by atoms with Gasteiger partial charge in [-0.05, 0) is 30.7 Å². The number of rotatable bonds is 2. The van der Waals surface area contributed by atoms with E-state index in [4.69, 9.17) is 0 Å². The summed E-state index contributed by atoms with van der Waals surface area (Å²) < 4.78 is 0. The molecule has 2 aliphatic rings. The zero-order valence-corrected chi connectivity index (χ0v) is 13.5. The van der Waals surface area contributed by atoms with Crippen molar-refractivity contribution in [3.05, 3.63) is 18.5 Å². The smallest absolute Gasteiger partial charge is 0.317 e. The molecule has 1 unspecified atom stereocenters. The van der Waals surface area contributed by atoms with E-state index in [1.54, 1.807) is 12.4 Å². The molecule has 1 atom stereocenters. The third-order valence-electron chi connectivity index (χ3n) is 4.70. The topological polar surface area (TPSA) is 61.4 Å². The molecule has 6 nitrogen and oxygen atoms in total. The Labute approximate surface area is 131 Å². The molecule has 120 valence electrons. The molecule has 2 heterocycles. The summed E-state index contributed by atoms with van der Waals surface area (Å²) in [5.74, 6) is 0.750. The minimum absolute atomic E-state index is 0.0799. The Morgan fingerprint density at radius 2 is 1.91 bits per heavy atom. The molecule has 0 aromatic carbocycles. The molecule has 0 bridgehead atoms.